The predicted octanol–water partition coefficient (Wildman–Crippen LogP) is 1.56. The van der Waals surface area contributed by atoms with Gasteiger partial charge in [0, 0.05) is 6.07 Å². The molecular weight excluding hydrogens is 316 g/mol. The van der Waals surface area contributed by atoms with Crippen molar-refractivity contribution in [2.24, 2.45) is 0 Å². The van der Waals surface area contributed by atoms with Crippen LogP contribution in [0.1, 0.15) is 0 Å². The van der Waals surface area contributed by atoms with Gasteiger partial charge in [-0.2, -0.15) is 0 Å². The van der Waals surface area contributed by atoms with Gasteiger partial charge in [-0.15, -0.1) is 0 Å². The summed E-state index contributed by atoms with van der Waals surface area (Å²) in [6.45, 7) is 0. The molecule has 3 rings (SSSR count). The Labute approximate surface area is 135 Å². The number of benzene rings is 2. The van der Waals surface area contributed by atoms with Crippen LogP contribution in [0, 0.1) is 0 Å². The second-order valence-electron chi connectivity index (χ2n) is 5.02. The zero-order valence-electron chi connectivity index (χ0n) is 12.2. The molecule has 1 heterocycles. The first-order chi connectivity index (χ1) is 11.4. The van der Waals surface area contributed by atoms with Crippen molar-refractivity contribution in [2.45, 2.75) is 5.97 Å². The standard InChI is InChI=1S/C17H12O7/c18-15-12-7-6-11(24-17(21,22)16(19)20)8-14(12)23-9-13(15)10-4-2-1-3-5-10/h1-9,21-22H,(H,19,20). The van der Waals surface area contributed by atoms with Gasteiger partial charge < -0.3 is 24.5 Å². The number of carboxylic acids is 1. The molecule has 0 atom stereocenters. The van der Waals surface area contributed by atoms with Gasteiger partial charge in [0.2, 0.25) is 0 Å². The average Bonchev–Trinajstić information content (AvgIpc) is 2.55. The third-order valence-electron chi connectivity index (χ3n) is 3.37. The fourth-order valence-corrected chi connectivity index (χ4v) is 2.20. The number of fused-ring (bicyclic) bond motifs is 1. The van der Waals surface area contributed by atoms with Gasteiger partial charge in [0.05, 0.1) is 10.9 Å². The molecule has 0 amide bonds. The molecule has 0 unspecified atom stereocenters. The molecule has 0 saturated heterocycles. The van der Waals surface area contributed by atoms with Crippen molar-refractivity contribution in [1.29, 1.82) is 0 Å². The predicted molar refractivity (Wildman–Crippen MR) is 83.4 cm³/mol. The van der Waals surface area contributed by atoms with Gasteiger partial charge in [-0.3, -0.25) is 4.79 Å². The zero-order valence-corrected chi connectivity index (χ0v) is 12.2. The number of rotatable bonds is 4. The summed E-state index contributed by atoms with van der Waals surface area (Å²) in [7, 11) is 0. The Bertz CT molecular complexity index is 958. The maximum atomic E-state index is 12.5. The topological polar surface area (TPSA) is 117 Å². The van der Waals surface area contributed by atoms with Crippen molar-refractivity contribution in [3.8, 4) is 16.9 Å². The molecule has 122 valence electrons. The summed E-state index contributed by atoms with van der Waals surface area (Å²) in [5.74, 6) is -5.52. The summed E-state index contributed by atoms with van der Waals surface area (Å²) in [5.41, 5.74) is 0.926. The lowest BCUT2D eigenvalue weighted by Gasteiger charge is -2.17. The van der Waals surface area contributed by atoms with Crippen molar-refractivity contribution in [3.63, 3.8) is 0 Å². The minimum Gasteiger partial charge on any atom is -0.474 e. The minimum atomic E-state index is -3.38. The van der Waals surface area contributed by atoms with Crippen LogP contribution in [0.5, 0.6) is 5.75 Å². The van der Waals surface area contributed by atoms with Gasteiger partial charge in [-0.05, 0) is 17.7 Å². The lowest BCUT2D eigenvalue weighted by Crippen LogP contribution is -2.44. The van der Waals surface area contributed by atoms with Gasteiger partial charge in [0.25, 0.3) is 0 Å². The van der Waals surface area contributed by atoms with Gasteiger partial charge in [-0.1, -0.05) is 30.3 Å². The summed E-state index contributed by atoms with van der Waals surface area (Å²) in [6.07, 6.45) is 1.28. The van der Waals surface area contributed by atoms with Crippen LogP contribution >= 0.6 is 0 Å². The Hall–Kier alpha value is -3.16. The highest BCUT2D eigenvalue weighted by Gasteiger charge is 2.36. The van der Waals surface area contributed by atoms with E-state index in [-0.39, 0.29) is 22.1 Å². The van der Waals surface area contributed by atoms with Crippen LogP contribution in [0.2, 0.25) is 0 Å². The molecule has 1 aromatic heterocycles. The third kappa shape index (κ3) is 2.85. The number of aliphatic hydroxyl groups is 2. The normalized spacial score (nSPS) is 11.4. The quantitative estimate of drug-likeness (QED) is 0.622. The fraction of sp³-hybridized carbons (Fsp3) is 0.0588. The number of carbonyl (C=O) groups is 1. The molecule has 3 N–H and O–H groups in total. The van der Waals surface area contributed by atoms with E-state index >= 15 is 0 Å². The van der Waals surface area contributed by atoms with Gasteiger partial charge in [0.15, 0.2) is 5.43 Å². The largest absolute Gasteiger partial charge is 0.474 e. The molecule has 24 heavy (non-hydrogen) atoms. The Kier molecular flexibility index (Phi) is 3.80. The monoisotopic (exact) mass is 328 g/mol. The van der Waals surface area contributed by atoms with E-state index < -0.39 is 11.9 Å². The highest BCUT2D eigenvalue weighted by Crippen LogP contribution is 2.24. The van der Waals surface area contributed by atoms with E-state index in [4.69, 9.17) is 9.52 Å². The van der Waals surface area contributed by atoms with Crippen LogP contribution in [-0.2, 0) is 4.79 Å². The Balaban J connectivity index is 2.05. The third-order valence-corrected chi connectivity index (χ3v) is 3.37. The summed E-state index contributed by atoms with van der Waals surface area (Å²) in [4.78, 5) is 23.2. The van der Waals surface area contributed by atoms with E-state index in [1.807, 2.05) is 6.07 Å². The SMILES string of the molecule is O=C(O)C(O)(O)Oc1ccc2c(=O)c(-c3ccccc3)coc2c1. The van der Waals surface area contributed by atoms with E-state index in [0.717, 1.165) is 0 Å². The number of hydrogen-bond donors (Lipinski definition) is 3. The second-order valence-corrected chi connectivity index (χ2v) is 5.02. The number of carboxylic acid groups (broad SMARTS) is 1. The van der Waals surface area contributed by atoms with E-state index in [1.165, 1.54) is 24.5 Å². The summed E-state index contributed by atoms with van der Waals surface area (Å²) < 4.78 is 9.98. The van der Waals surface area contributed by atoms with Crippen LogP contribution < -0.4 is 10.2 Å². The molecule has 2 aromatic carbocycles. The number of aliphatic carboxylic acids is 1. The van der Waals surface area contributed by atoms with E-state index in [1.54, 1.807) is 24.3 Å². The highest BCUT2D eigenvalue weighted by atomic mass is 16.8. The first-order valence-electron chi connectivity index (χ1n) is 6.86. The van der Waals surface area contributed by atoms with Crippen molar-refractivity contribution in [2.75, 3.05) is 0 Å². The van der Waals surface area contributed by atoms with Crippen molar-refractivity contribution in [3.05, 3.63) is 65.0 Å². The van der Waals surface area contributed by atoms with Gasteiger partial charge >= 0.3 is 11.9 Å². The van der Waals surface area contributed by atoms with E-state index in [9.17, 15) is 19.8 Å². The first kappa shape index (κ1) is 15.7. The van der Waals surface area contributed by atoms with Crippen LogP contribution in [-0.4, -0.2) is 27.3 Å². The molecule has 0 radical (unpaired) electrons. The smallest absolute Gasteiger partial charge is 0.426 e. The van der Waals surface area contributed by atoms with Crippen LogP contribution in [0.25, 0.3) is 22.1 Å². The van der Waals surface area contributed by atoms with E-state index in [0.29, 0.717) is 11.1 Å². The molecule has 3 aromatic rings. The summed E-state index contributed by atoms with van der Waals surface area (Å²) >= 11 is 0. The average molecular weight is 328 g/mol. The molecule has 7 heteroatoms. The van der Waals surface area contributed by atoms with E-state index in [2.05, 4.69) is 4.74 Å². The maximum absolute atomic E-state index is 12.5. The number of ether oxygens (including phenoxy) is 1. The minimum absolute atomic E-state index is 0.123. The summed E-state index contributed by atoms with van der Waals surface area (Å²) in [6, 6.07) is 12.8. The summed E-state index contributed by atoms with van der Waals surface area (Å²) in [5, 5.41) is 27.3. The lowest BCUT2D eigenvalue weighted by atomic mass is 10.1. The Morgan fingerprint density at radius 2 is 1.79 bits per heavy atom. The van der Waals surface area contributed by atoms with Crippen molar-refractivity contribution < 1.29 is 29.3 Å². The molecule has 0 fully saturated rings. The zero-order chi connectivity index (χ0) is 17.3. The molecular formula is C17H12O7. The Morgan fingerprint density at radius 1 is 1.08 bits per heavy atom. The maximum Gasteiger partial charge on any atom is 0.426 e. The van der Waals surface area contributed by atoms with Gasteiger partial charge in [-0.25, -0.2) is 4.79 Å². The van der Waals surface area contributed by atoms with Crippen LogP contribution in [0.3, 0.4) is 0 Å². The lowest BCUT2D eigenvalue weighted by molar-refractivity contribution is -0.284. The van der Waals surface area contributed by atoms with Crippen molar-refractivity contribution in [1.82, 2.24) is 0 Å². The fourth-order valence-electron chi connectivity index (χ4n) is 2.20. The first-order valence-corrected chi connectivity index (χ1v) is 6.86. The second kappa shape index (κ2) is 5.80. The molecule has 0 aliphatic heterocycles. The highest BCUT2D eigenvalue weighted by molar-refractivity contribution is 5.82. The van der Waals surface area contributed by atoms with Crippen LogP contribution in [0.4, 0.5) is 0 Å². The molecule has 0 aliphatic carbocycles. The molecule has 0 aliphatic rings. The van der Waals surface area contributed by atoms with Crippen LogP contribution in [0.15, 0.2) is 64.0 Å². The molecule has 0 spiro atoms. The van der Waals surface area contributed by atoms with Gasteiger partial charge in [0.1, 0.15) is 17.6 Å². The molecule has 0 bridgehead atoms. The molecule has 7 nitrogen and oxygen atoms in total. The molecule has 0 saturated carbocycles. The number of hydrogen-bond acceptors (Lipinski definition) is 6. The Morgan fingerprint density at radius 3 is 2.46 bits per heavy atom. The van der Waals surface area contributed by atoms with Crippen molar-refractivity contribution >= 4 is 16.9 Å².